The van der Waals surface area contributed by atoms with E-state index in [9.17, 15) is 14.9 Å². The molecule has 0 spiro atoms. The molecule has 1 saturated heterocycles. The second-order valence-electron chi connectivity index (χ2n) is 6.25. The van der Waals surface area contributed by atoms with Gasteiger partial charge in [0.05, 0.1) is 15.5 Å². The first-order valence-corrected chi connectivity index (χ1v) is 8.72. The molecule has 1 fully saturated rings. The predicted molar refractivity (Wildman–Crippen MR) is 97.0 cm³/mol. The number of carbonyl (C=O) groups excluding carboxylic acids is 1. The number of rotatable bonds is 3. The molecule has 0 aliphatic carbocycles. The van der Waals surface area contributed by atoms with E-state index < -0.39 is 4.92 Å². The Kier molecular flexibility index (Phi) is 5.34. The second kappa shape index (κ2) is 7.66. The number of carbonyl (C=O) groups is 1. The third-order valence-electron chi connectivity index (χ3n) is 4.68. The number of benzene rings is 2. The number of nitro groups is 1. The van der Waals surface area contributed by atoms with Gasteiger partial charge in [-0.2, -0.15) is 0 Å². The van der Waals surface area contributed by atoms with Crippen molar-refractivity contribution in [3.05, 3.63) is 74.8 Å². The van der Waals surface area contributed by atoms with E-state index in [2.05, 4.69) is 12.1 Å². The molecule has 0 aromatic heterocycles. The molecule has 6 heteroatoms. The number of halogens is 1. The average molecular weight is 359 g/mol. The molecule has 1 unspecified atom stereocenters. The summed E-state index contributed by atoms with van der Waals surface area (Å²) in [4.78, 5) is 25.0. The molecule has 0 saturated carbocycles. The number of hydrogen-bond acceptors (Lipinski definition) is 3. The van der Waals surface area contributed by atoms with Gasteiger partial charge in [0.15, 0.2) is 0 Å². The van der Waals surface area contributed by atoms with Crippen molar-refractivity contribution >= 4 is 23.2 Å². The van der Waals surface area contributed by atoms with Gasteiger partial charge in [-0.25, -0.2) is 0 Å². The van der Waals surface area contributed by atoms with E-state index in [1.165, 1.54) is 23.8 Å². The normalized spacial score (nSPS) is 17.8. The van der Waals surface area contributed by atoms with Crippen molar-refractivity contribution in [2.75, 3.05) is 13.1 Å². The van der Waals surface area contributed by atoms with E-state index in [4.69, 9.17) is 11.6 Å². The van der Waals surface area contributed by atoms with E-state index in [1.54, 1.807) is 4.90 Å². The Morgan fingerprint density at radius 2 is 1.88 bits per heavy atom. The third-order valence-corrected chi connectivity index (χ3v) is 5.01. The van der Waals surface area contributed by atoms with Gasteiger partial charge in [0.25, 0.3) is 11.6 Å². The first kappa shape index (κ1) is 17.4. The van der Waals surface area contributed by atoms with Crippen LogP contribution in [0.15, 0.2) is 48.5 Å². The molecule has 1 amide bonds. The van der Waals surface area contributed by atoms with Crippen LogP contribution in [0.2, 0.25) is 5.02 Å². The van der Waals surface area contributed by atoms with Crippen molar-refractivity contribution in [2.24, 2.45) is 0 Å². The van der Waals surface area contributed by atoms with E-state index in [0.29, 0.717) is 19.0 Å². The van der Waals surface area contributed by atoms with Crippen LogP contribution in [-0.4, -0.2) is 28.8 Å². The molecule has 1 atom stereocenters. The van der Waals surface area contributed by atoms with Gasteiger partial charge in [0.2, 0.25) is 0 Å². The highest BCUT2D eigenvalue weighted by Gasteiger charge is 2.25. The van der Waals surface area contributed by atoms with Gasteiger partial charge in [-0.3, -0.25) is 14.9 Å². The second-order valence-corrected chi connectivity index (χ2v) is 6.66. The fraction of sp³-hybridized carbons (Fsp3) is 0.316. The molecule has 0 bridgehead atoms. The number of likely N-dealkylation sites (tertiary alicyclic amines) is 1. The van der Waals surface area contributed by atoms with Crippen LogP contribution in [0.4, 0.5) is 5.69 Å². The van der Waals surface area contributed by atoms with Crippen molar-refractivity contribution in [2.45, 2.75) is 25.2 Å². The summed E-state index contributed by atoms with van der Waals surface area (Å²) >= 11 is 6.11. The Bertz CT molecular complexity index is 779. The van der Waals surface area contributed by atoms with Crippen molar-refractivity contribution < 1.29 is 9.72 Å². The minimum atomic E-state index is -0.513. The highest BCUT2D eigenvalue weighted by molar-refractivity contribution is 6.33. The van der Waals surface area contributed by atoms with E-state index in [-0.39, 0.29) is 22.2 Å². The molecular formula is C19H19ClN2O3. The van der Waals surface area contributed by atoms with Crippen LogP contribution in [0.25, 0.3) is 0 Å². The van der Waals surface area contributed by atoms with Gasteiger partial charge < -0.3 is 4.90 Å². The lowest BCUT2D eigenvalue weighted by Crippen LogP contribution is -2.32. The molecule has 0 N–H and O–H groups in total. The van der Waals surface area contributed by atoms with E-state index in [1.807, 2.05) is 18.2 Å². The SMILES string of the molecule is O=C(c1cc([N+](=O)[O-])ccc1Cl)N1CCCC(c2ccccc2)CC1. The largest absolute Gasteiger partial charge is 0.339 e. The number of hydrogen-bond donors (Lipinski definition) is 0. The highest BCUT2D eigenvalue weighted by atomic mass is 35.5. The molecule has 2 aromatic rings. The average Bonchev–Trinajstić information content (AvgIpc) is 2.88. The van der Waals surface area contributed by atoms with Crippen molar-refractivity contribution in [3.63, 3.8) is 0 Å². The minimum Gasteiger partial charge on any atom is -0.339 e. The molecule has 0 radical (unpaired) electrons. The summed E-state index contributed by atoms with van der Waals surface area (Å²) in [5.41, 5.74) is 1.38. The summed E-state index contributed by atoms with van der Waals surface area (Å²) in [5.74, 6) is 0.196. The fourth-order valence-corrected chi connectivity index (χ4v) is 3.52. The Labute approximate surface area is 151 Å². The lowest BCUT2D eigenvalue weighted by atomic mass is 9.92. The lowest BCUT2D eigenvalue weighted by molar-refractivity contribution is -0.384. The predicted octanol–water partition coefficient (Wildman–Crippen LogP) is 4.66. The molecule has 130 valence electrons. The Balaban J connectivity index is 1.75. The summed E-state index contributed by atoms with van der Waals surface area (Å²) in [5, 5.41) is 11.2. The van der Waals surface area contributed by atoms with Gasteiger partial charge in [0.1, 0.15) is 0 Å². The maximum atomic E-state index is 12.8. The van der Waals surface area contributed by atoms with E-state index >= 15 is 0 Å². The topological polar surface area (TPSA) is 63.4 Å². The van der Waals surface area contributed by atoms with Crippen LogP contribution in [-0.2, 0) is 0 Å². The van der Waals surface area contributed by atoms with Crippen molar-refractivity contribution in [3.8, 4) is 0 Å². The summed E-state index contributed by atoms with van der Waals surface area (Å²) < 4.78 is 0. The van der Waals surface area contributed by atoms with Gasteiger partial charge in [0, 0.05) is 25.2 Å². The van der Waals surface area contributed by atoms with Crippen LogP contribution in [0.5, 0.6) is 0 Å². The third kappa shape index (κ3) is 3.99. The molecule has 5 nitrogen and oxygen atoms in total. The van der Waals surface area contributed by atoms with Crippen LogP contribution < -0.4 is 0 Å². The van der Waals surface area contributed by atoms with Crippen LogP contribution >= 0.6 is 11.6 Å². The molecule has 1 aliphatic rings. The molecule has 2 aromatic carbocycles. The van der Waals surface area contributed by atoms with Gasteiger partial charge in [-0.15, -0.1) is 0 Å². The molecule has 3 rings (SSSR count). The number of nitrogens with zero attached hydrogens (tertiary/aromatic N) is 2. The monoisotopic (exact) mass is 358 g/mol. The maximum absolute atomic E-state index is 12.8. The summed E-state index contributed by atoms with van der Waals surface area (Å²) in [6.07, 6.45) is 2.80. The molecule has 1 aliphatic heterocycles. The zero-order valence-electron chi connectivity index (χ0n) is 13.7. The summed E-state index contributed by atoms with van der Waals surface area (Å²) in [6.45, 7) is 1.26. The number of non-ortho nitro benzene ring substituents is 1. The Morgan fingerprint density at radius 1 is 1.12 bits per heavy atom. The number of amides is 1. The van der Waals surface area contributed by atoms with Gasteiger partial charge >= 0.3 is 0 Å². The molecule has 1 heterocycles. The zero-order chi connectivity index (χ0) is 17.8. The molecule has 25 heavy (non-hydrogen) atoms. The Morgan fingerprint density at radius 3 is 2.60 bits per heavy atom. The number of nitro benzene ring substituents is 1. The first-order chi connectivity index (χ1) is 12.1. The van der Waals surface area contributed by atoms with Crippen LogP contribution in [0, 0.1) is 10.1 Å². The zero-order valence-corrected chi connectivity index (χ0v) is 14.5. The smallest absolute Gasteiger partial charge is 0.270 e. The fourth-order valence-electron chi connectivity index (χ4n) is 3.32. The summed E-state index contributed by atoms with van der Waals surface area (Å²) in [6, 6.07) is 14.3. The van der Waals surface area contributed by atoms with Crippen molar-refractivity contribution in [1.82, 2.24) is 4.90 Å². The minimum absolute atomic E-state index is 0.121. The van der Waals surface area contributed by atoms with E-state index in [0.717, 1.165) is 19.3 Å². The van der Waals surface area contributed by atoms with Gasteiger partial charge in [-0.05, 0) is 36.8 Å². The Hall–Kier alpha value is -2.40. The quantitative estimate of drug-likeness (QED) is 0.592. The van der Waals surface area contributed by atoms with Crippen molar-refractivity contribution in [1.29, 1.82) is 0 Å². The lowest BCUT2D eigenvalue weighted by Gasteiger charge is -2.21. The maximum Gasteiger partial charge on any atom is 0.270 e. The first-order valence-electron chi connectivity index (χ1n) is 8.34. The highest BCUT2D eigenvalue weighted by Crippen LogP contribution is 2.30. The van der Waals surface area contributed by atoms with Crippen LogP contribution in [0.1, 0.15) is 41.1 Å². The summed E-state index contributed by atoms with van der Waals surface area (Å²) in [7, 11) is 0. The standard InChI is InChI=1S/C19H19ClN2O3/c20-18-9-8-16(22(24)25)13-17(18)19(23)21-11-4-7-15(10-12-21)14-5-2-1-3-6-14/h1-3,5-6,8-9,13,15H,4,7,10-12H2. The molecular weight excluding hydrogens is 340 g/mol. The van der Waals surface area contributed by atoms with Gasteiger partial charge in [-0.1, -0.05) is 41.9 Å². The van der Waals surface area contributed by atoms with Crippen LogP contribution in [0.3, 0.4) is 0 Å².